The van der Waals surface area contributed by atoms with Gasteiger partial charge in [-0.2, -0.15) is 0 Å². The molecule has 1 heterocycles. The minimum Gasteiger partial charge on any atom is -0.454 e. The van der Waals surface area contributed by atoms with Crippen molar-refractivity contribution in [2.45, 2.75) is 19.5 Å². The number of hydrogen-bond donors (Lipinski definition) is 1. The molecule has 15 heavy (non-hydrogen) atoms. The molecule has 0 bridgehead atoms. The van der Waals surface area contributed by atoms with E-state index in [0.717, 1.165) is 5.56 Å². The van der Waals surface area contributed by atoms with Crippen molar-refractivity contribution in [3.05, 3.63) is 23.3 Å². The quantitative estimate of drug-likeness (QED) is 0.827. The van der Waals surface area contributed by atoms with E-state index in [9.17, 15) is 4.39 Å². The highest BCUT2D eigenvalue weighted by atomic mass is 19.1. The maximum atomic E-state index is 12.7. The lowest BCUT2D eigenvalue weighted by Crippen LogP contribution is -1.95. The minimum atomic E-state index is -0.516. The first-order valence-corrected chi connectivity index (χ1v) is 4.93. The number of rotatable bonds is 4. The maximum Gasteiger partial charge on any atom is 0.231 e. The van der Waals surface area contributed by atoms with Crippen LogP contribution in [0.1, 0.15) is 17.5 Å². The summed E-state index contributed by atoms with van der Waals surface area (Å²) < 4.78 is 23.1. The fourth-order valence-electron chi connectivity index (χ4n) is 1.65. The van der Waals surface area contributed by atoms with Crippen LogP contribution in [0.25, 0.3) is 0 Å². The summed E-state index contributed by atoms with van der Waals surface area (Å²) in [5.41, 5.74) is 1.50. The second-order valence-corrected chi connectivity index (χ2v) is 3.43. The van der Waals surface area contributed by atoms with Crippen LogP contribution in [0.15, 0.2) is 12.1 Å². The van der Waals surface area contributed by atoms with E-state index in [4.69, 9.17) is 14.6 Å². The Kier molecular flexibility index (Phi) is 3.06. The Bertz CT molecular complexity index is 352. The number of aryl methyl sites for hydroxylation is 1. The molecule has 0 fully saturated rings. The molecule has 0 amide bonds. The Hall–Kier alpha value is -1.29. The topological polar surface area (TPSA) is 38.7 Å². The van der Waals surface area contributed by atoms with Crippen LogP contribution in [0.4, 0.5) is 4.39 Å². The number of fused-ring (bicyclic) bond motifs is 1. The van der Waals surface area contributed by atoms with Gasteiger partial charge in [-0.25, -0.2) is 4.39 Å². The zero-order valence-corrected chi connectivity index (χ0v) is 8.33. The number of hydrogen-bond acceptors (Lipinski definition) is 3. The van der Waals surface area contributed by atoms with Crippen LogP contribution in [0.2, 0.25) is 0 Å². The summed E-state index contributed by atoms with van der Waals surface area (Å²) in [7, 11) is 0. The molecule has 1 aliphatic rings. The molecule has 1 N–H and O–H groups in total. The van der Waals surface area contributed by atoms with Crippen molar-refractivity contribution in [1.82, 2.24) is 0 Å². The van der Waals surface area contributed by atoms with Gasteiger partial charge in [-0.05, 0) is 36.1 Å². The Morgan fingerprint density at radius 2 is 1.87 bits per heavy atom. The minimum absolute atomic E-state index is 0.111. The molecule has 0 aliphatic carbocycles. The zero-order valence-electron chi connectivity index (χ0n) is 8.33. The highest BCUT2D eigenvalue weighted by molar-refractivity contribution is 5.48. The molecule has 1 aliphatic heterocycles. The van der Waals surface area contributed by atoms with Crippen molar-refractivity contribution in [1.29, 1.82) is 0 Å². The molecule has 0 saturated carbocycles. The third-order valence-corrected chi connectivity index (χ3v) is 2.44. The fraction of sp³-hybridized carbons (Fsp3) is 0.455. The molecule has 0 spiro atoms. The highest BCUT2D eigenvalue weighted by Crippen LogP contribution is 2.35. The second kappa shape index (κ2) is 4.49. The first-order valence-electron chi connectivity index (χ1n) is 4.93. The summed E-state index contributed by atoms with van der Waals surface area (Å²) in [6.45, 7) is -0.206. The summed E-state index contributed by atoms with van der Waals surface area (Å²) in [5, 5.41) is 8.73. The molecule has 3 nitrogen and oxygen atoms in total. The van der Waals surface area contributed by atoms with Crippen molar-refractivity contribution in [3.8, 4) is 11.5 Å². The molecule has 4 heteroatoms. The Balaban J connectivity index is 2.27. The van der Waals surface area contributed by atoms with E-state index in [2.05, 4.69) is 0 Å². The Morgan fingerprint density at radius 3 is 2.47 bits per heavy atom. The Morgan fingerprint density at radius 1 is 1.20 bits per heavy atom. The summed E-state index contributed by atoms with van der Waals surface area (Å²) in [4.78, 5) is 0. The molecule has 0 saturated heterocycles. The van der Waals surface area contributed by atoms with E-state index in [-0.39, 0.29) is 13.4 Å². The van der Waals surface area contributed by atoms with Gasteiger partial charge in [0.05, 0.1) is 0 Å². The van der Waals surface area contributed by atoms with Crippen LogP contribution < -0.4 is 9.47 Å². The van der Waals surface area contributed by atoms with E-state index >= 15 is 0 Å². The van der Waals surface area contributed by atoms with Crippen molar-refractivity contribution in [2.75, 3.05) is 13.4 Å². The first kappa shape index (κ1) is 10.2. The van der Waals surface area contributed by atoms with Gasteiger partial charge in [-0.15, -0.1) is 0 Å². The van der Waals surface area contributed by atoms with Gasteiger partial charge in [-0.3, -0.25) is 0 Å². The second-order valence-electron chi connectivity index (χ2n) is 3.43. The van der Waals surface area contributed by atoms with Gasteiger partial charge in [0.15, 0.2) is 11.5 Å². The predicted octanol–water partition coefficient (Wildman–Crippen LogP) is 1.81. The van der Waals surface area contributed by atoms with Crippen LogP contribution in [-0.2, 0) is 13.1 Å². The van der Waals surface area contributed by atoms with Crippen molar-refractivity contribution >= 4 is 0 Å². The van der Waals surface area contributed by atoms with E-state index in [1.54, 1.807) is 12.1 Å². The third-order valence-electron chi connectivity index (χ3n) is 2.44. The number of halogens is 1. The van der Waals surface area contributed by atoms with Crippen LogP contribution in [-0.4, -0.2) is 18.5 Å². The molecule has 1 aromatic rings. The average molecular weight is 212 g/mol. The van der Waals surface area contributed by atoms with Crippen molar-refractivity contribution in [2.24, 2.45) is 0 Å². The molecular weight excluding hydrogens is 199 g/mol. The fourth-order valence-corrected chi connectivity index (χ4v) is 1.65. The number of alkyl halides is 1. The van der Waals surface area contributed by atoms with Gasteiger partial charge in [0.1, 0.15) is 6.67 Å². The van der Waals surface area contributed by atoms with E-state index in [1.807, 2.05) is 0 Å². The van der Waals surface area contributed by atoms with Crippen LogP contribution in [0, 0.1) is 0 Å². The number of benzene rings is 1. The van der Waals surface area contributed by atoms with Gasteiger partial charge in [0.2, 0.25) is 6.79 Å². The molecule has 0 radical (unpaired) electrons. The average Bonchev–Trinajstić information content (AvgIpc) is 2.71. The van der Waals surface area contributed by atoms with Gasteiger partial charge >= 0.3 is 0 Å². The lowest BCUT2D eigenvalue weighted by atomic mass is 10.0. The standard InChI is InChI=1S/C11H13FO3/c12-6-9-5-11-10(14-7-15-11)4-8(9)2-1-3-13/h4-5,13H,1-3,6-7H2. The summed E-state index contributed by atoms with van der Waals surface area (Å²) in [6, 6.07) is 3.47. The number of aliphatic hydroxyl groups excluding tert-OH is 1. The molecule has 0 aromatic heterocycles. The number of ether oxygens (including phenoxy) is 2. The SMILES string of the molecule is OCCCc1cc2c(cc1CF)OCO2. The Labute approximate surface area is 87.4 Å². The normalized spacial score (nSPS) is 13.2. The number of aliphatic hydroxyl groups is 1. The van der Waals surface area contributed by atoms with Gasteiger partial charge in [0.25, 0.3) is 0 Å². The zero-order chi connectivity index (χ0) is 10.7. The highest BCUT2D eigenvalue weighted by Gasteiger charge is 2.16. The first-order chi connectivity index (χ1) is 7.35. The van der Waals surface area contributed by atoms with Gasteiger partial charge in [0, 0.05) is 6.61 Å². The maximum absolute atomic E-state index is 12.7. The lowest BCUT2D eigenvalue weighted by molar-refractivity contribution is 0.174. The third kappa shape index (κ3) is 2.04. The van der Waals surface area contributed by atoms with E-state index < -0.39 is 6.67 Å². The molecule has 2 rings (SSSR count). The summed E-state index contributed by atoms with van der Waals surface area (Å²) in [5.74, 6) is 1.27. The molecule has 0 atom stereocenters. The molecular formula is C11H13FO3. The van der Waals surface area contributed by atoms with Crippen LogP contribution in [0.3, 0.4) is 0 Å². The van der Waals surface area contributed by atoms with Gasteiger partial charge < -0.3 is 14.6 Å². The van der Waals surface area contributed by atoms with E-state index in [0.29, 0.717) is 29.9 Å². The van der Waals surface area contributed by atoms with Crippen molar-refractivity contribution in [3.63, 3.8) is 0 Å². The largest absolute Gasteiger partial charge is 0.454 e. The van der Waals surface area contributed by atoms with Crippen LogP contribution in [0.5, 0.6) is 11.5 Å². The molecule has 0 unspecified atom stereocenters. The molecule has 1 aromatic carbocycles. The van der Waals surface area contributed by atoms with E-state index in [1.165, 1.54) is 0 Å². The summed E-state index contributed by atoms with van der Waals surface area (Å²) in [6.07, 6.45) is 1.29. The monoisotopic (exact) mass is 212 g/mol. The lowest BCUT2D eigenvalue weighted by Gasteiger charge is -2.07. The van der Waals surface area contributed by atoms with Gasteiger partial charge in [-0.1, -0.05) is 0 Å². The predicted molar refractivity (Wildman–Crippen MR) is 52.8 cm³/mol. The smallest absolute Gasteiger partial charge is 0.231 e. The van der Waals surface area contributed by atoms with Crippen LogP contribution >= 0.6 is 0 Å². The van der Waals surface area contributed by atoms with Crippen molar-refractivity contribution < 1.29 is 19.0 Å². The molecule has 82 valence electrons. The summed E-state index contributed by atoms with van der Waals surface area (Å²) >= 11 is 0.